The van der Waals surface area contributed by atoms with Gasteiger partial charge in [-0.3, -0.25) is 4.79 Å². The minimum absolute atomic E-state index is 0.336. The summed E-state index contributed by atoms with van der Waals surface area (Å²) in [6, 6.07) is 0.671. The fourth-order valence-corrected chi connectivity index (χ4v) is 0.828. The normalized spacial score (nSPS) is 9.83. The lowest BCUT2D eigenvalue weighted by Gasteiger charge is -2.17. The van der Waals surface area contributed by atoms with Crippen LogP contribution < -0.4 is 10.6 Å². The number of rotatable bonds is 5. The molecule has 0 aromatic heterocycles. The summed E-state index contributed by atoms with van der Waals surface area (Å²) in [6.07, 6.45) is 2.28. The van der Waals surface area contributed by atoms with E-state index >= 15 is 0 Å². The first kappa shape index (κ1) is 11.0. The van der Waals surface area contributed by atoms with Crippen LogP contribution in [0.5, 0.6) is 0 Å². The van der Waals surface area contributed by atoms with Gasteiger partial charge in [-0.05, 0) is 27.7 Å². The molecule has 0 atom stereocenters. The highest BCUT2D eigenvalue weighted by Gasteiger charge is 1.99. The van der Waals surface area contributed by atoms with Crippen LogP contribution >= 0.6 is 0 Å². The van der Waals surface area contributed by atoms with Crippen LogP contribution in [0.3, 0.4) is 0 Å². The SMILES string of the molecule is CC(C)NC(=CC=O)NC(C)C. The van der Waals surface area contributed by atoms with Crippen molar-refractivity contribution in [3.63, 3.8) is 0 Å². The molecule has 0 rings (SSSR count). The molecular formula is C9H18N2O. The topological polar surface area (TPSA) is 41.1 Å². The molecule has 0 aliphatic rings. The third kappa shape index (κ3) is 5.77. The van der Waals surface area contributed by atoms with Gasteiger partial charge in [-0.15, -0.1) is 0 Å². The van der Waals surface area contributed by atoms with Crippen molar-refractivity contribution in [3.8, 4) is 0 Å². The first-order valence-corrected chi connectivity index (χ1v) is 4.24. The molecule has 0 amide bonds. The van der Waals surface area contributed by atoms with Gasteiger partial charge in [0, 0.05) is 18.2 Å². The summed E-state index contributed by atoms with van der Waals surface area (Å²) in [4.78, 5) is 10.2. The van der Waals surface area contributed by atoms with E-state index in [1.54, 1.807) is 0 Å². The van der Waals surface area contributed by atoms with Gasteiger partial charge in [0.15, 0.2) is 0 Å². The van der Waals surface area contributed by atoms with Crippen LogP contribution in [-0.4, -0.2) is 18.4 Å². The van der Waals surface area contributed by atoms with Gasteiger partial charge in [0.25, 0.3) is 0 Å². The van der Waals surface area contributed by atoms with Crippen LogP contribution in [0.15, 0.2) is 11.9 Å². The fourth-order valence-electron chi connectivity index (χ4n) is 0.828. The second-order valence-corrected chi connectivity index (χ2v) is 3.31. The van der Waals surface area contributed by atoms with Gasteiger partial charge in [-0.1, -0.05) is 0 Å². The van der Waals surface area contributed by atoms with Crippen molar-refractivity contribution in [2.75, 3.05) is 0 Å². The molecule has 0 spiro atoms. The Hall–Kier alpha value is -0.990. The zero-order valence-electron chi connectivity index (χ0n) is 8.22. The molecule has 3 nitrogen and oxygen atoms in total. The quantitative estimate of drug-likeness (QED) is 0.478. The molecular weight excluding hydrogens is 152 g/mol. The number of carbonyl (C=O) groups excluding carboxylic acids is 1. The summed E-state index contributed by atoms with van der Waals surface area (Å²) in [7, 11) is 0. The summed E-state index contributed by atoms with van der Waals surface area (Å²) < 4.78 is 0. The van der Waals surface area contributed by atoms with Crippen molar-refractivity contribution >= 4 is 6.29 Å². The molecule has 0 bridgehead atoms. The van der Waals surface area contributed by atoms with Gasteiger partial charge in [0.2, 0.25) is 0 Å². The van der Waals surface area contributed by atoms with E-state index in [1.807, 2.05) is 27.7 Å². The van der Waals surface area contributed by atoms with Crippen molar-refractivity contribution < 1.29 is 4.79 Å². The van der Waals surface area contributed by atoms with Gasteiger partial charge in [0.1, 0.15) is 12.1 Å². The van der Waals surface area contributed by atoms with Crippen LogP contribution in [0.25, 0.3) is 0 Å². The average molecular weight is 170 g/mol. The molecule has 0 aliphatic carbocycles. The third-order valence-electron chi connectivity index (χ3n) is 1.12. The number of carbonyl (C=O) groups is 1. The molecule has 0 radical (unpaired) electrons. The molecule has 0 heterocycles. The molecule has 0 aliphatic heterocycles. The van der Waals surface area contributed by atoms with Gasteiger partial charge >= 0.3 is 0 Å². The van der Waals surface area contributed by atoms with E-state index in [4.69, 9.17) is 0 Å². The van der Waals surface area contributed by atoms with Crippen LogP contribution in [0.4, 0.5) is 0 Å². The van der Waals surface area contributed by atoms with Crippen molar-refractivity contribution in [2.45, 2.75) is 39.8 Å². The smallest absolute Gasteiger partial charge is 0.146 e. The molecule has 12 heavy (non-hydrogen) atoms. The van der Waals surface area contributed by atoms with Crippen molar-refractivity contribution in [3.05, 3.63) is 11.9 Å². The maximum Gasteiger partial charge on any atom is 0.146 e. The summed E-state index contributed by atoms with van der Waals surface area (Å²) in [5.41, 5.74) is 0. The molecule has 0 unspecified atom stereocenters. The van der Waals surface area contributed by atoms with Crippen molar-refractivity contribution in [1.29, 1.82) is 0 Å². The lowest BCUT2D eigenvalue weighted by atomic mass is 10.3. The first-order valence-electron chi connectivity index (χ1n) is 4.24. The maximum atomic E-state index is 10.2. The Morgan fingerprint density at radius 1 is 1.08 bits per heavy atom. The Morgan fingerprint density at radius 2 is 1.50 bits per heavy atom. The number of nitrogens with one attached hydrogen (secondary N) is 2. The van der Waals surface area contributed by atoms with E-state index in [2.05, 4.69) is 10.6 Å². The number of hydrogen-bond donors (Lipinski definition) is 2. The van der Waals surface area contributed by atoms with Crippen molar-refractivity contribution in [1.82, 2.24) is 10.6 Å². The summed E-state index contributed by atoms with van der Waals surface area (Å²) in [5.74, 6) is 0.787. The minimum Gasteiger partial charge on any atom is -0.370 e. The standard InChI is InChI=1S/C9H18N2O/c1-7(2)10-9(5-6-12)11-8(3)4/h5-8,10-11H,1-4H3. The number of hydrogen-bond acceptors (Lipinski definition) is 3. The predicted octanol–water partition coefficient (Wildman–Crippen LogP) is 1.02. The van der Waals surface area contributed by atoms with Crippen LogP contribution in [-0.2, 0) is 4.79 Å². The predicted molar refractivity (Wildman–Crippen MR) is 50.7 cm³/mol. The molecule has 0 aromatic rings. The third-order valence-corrected chi connectivity index (χ3v) is 1.12. The van der Waals surface area contributed by atoms with E-state index in [-0.39, 0.29) is 0 Å². The molecule has 0 saturated carbocycles. The largest absolute Gasteiger partial charge is 0.370 e. The zero-order valence-corrected chi connectivity index (χ0v) is 8.22. The van der Waals surface area contributed by atoms with Crippen LogP contribution in [0.1, 0.15) is 27.7 Å². The van der Waals surface area contributed by atoms with Crippen LogP contribution in [0.2, 0.25) is 0 Å². The van der Waals surface area contributed by atoms with Gasteiger partial charge in [-0.25, -0.2) is 0 Å². The highest BCUT2D eigenvalue weighted by atomic mass is 16.1. The summed E-state index contributed by atoms with van der Waals surface area (Å²) >= 11 is 0. The Kier molecular flexibility index (Phi) is 5.17. The van der Waals surface area contributed by atoms with E-state index in [9.17, 15) is 4.79 Å². The fraction of sp³-hybridized carbons (Fsp3) is 0.667. The van der Waals surface area contributed by atoms with E-state index in [1.165, 1.54) is 6.08 Å². The van der Waals surface area contributed by atoms with Crippen molar-refractivity contribution in [2.24, 2.45) is 0 Å². The van der Waals surface area contributed by atoms with Gasteiger partial charge in [-0.2, -0.15) is 0 Å². The Labute approximate surface area is 74.2 Å². The lowest BCUT2D eigenvalue weighted by molar-refractivity contribution is -0.104. The van der Waals surface area contributed by atoms with E-state index < -0.39 is 0 Å². The molecule has 2 N–H and O–H groups in total. The first-order chi connectivity index (χ1) is 5.56. The highest BCUT2D eigenvalue weighted by Crippen LogP contribution is 1.89. The number of aldehydes is 1. The molecule has 3 heteroatoms. The summed E-state index contributed by atoms with van der Waals surface area (Å²) in [5, 5.41) is 6.26. The zero-order chi connectivity index (χ0) is 9.56. The lowest BCUT2D eigenvalue weighted by Crippen LogP contribution is -2.35. The maximum absolute atomic E-state index is 10.2. The minimum atomic E-state index is 0.336. The van der Waals surface area contributed by atoms with Gasteiger partial charge in [0.05, 0.1) is 0 Å². The summed E-state index contributed by atoms with van der Waals surface area (Å²) in [6.45, 7) is 8.11. The Morgan fingerprint density at radius 3 is 1.75 bits per heavy atom. The molecule has 0 fully saturated rings. The molecule has 0 aromatic carbocycles. The second-order valence-electron chi connectivity index (χ2n) is 3.31. The molecule has 70 valence electrons. The van der Waals surface area contributed by atoms with E-state index in [0.717, 1.165) is 12.1 Å². The average Bonchev–Trinajstić information content (AvgIpc) is 1.84. The Balaban J connectivity index is 4.05. The van der Waals surface area contributed by atoms with Gasteiger partial charge < -0.3 is 10.6 Å². The monoisotopic (exact) mass is 170 g/mol. The van der Waals surface area contributed by atoms with E-state index in [0.29, 0.717) is 12.1 Å². The Bertz CT molecular complexity index is 150. The highest BCUT2D eigenvalue weighted by molar-refractivity contribution is 5.65. The second kappa shape index (κ2) is 5.63. The van der Waals surface area contributed by atoms with Crippen LogP contribution in [0, 0.1) is 0 Å². The number of allylic oxidation sites excluding steroid dienone is 1. The molecule has 0 saturated heterocycles.